The Balaban J connectivity index is 1.48. The van der Waals surface area contributed by atoms with E-state index in [1.807, 2.05) is 0 Å². The van der Waals surface area contributed by atoms with Gasteiger partial charge in [-0.1, -0.05) is 0 Å². The lowest BCUT2D eigenvalue weighted by atomic mass is 10.0. The average Bonchev–Trinajstić information content (AvgIpc) is 3.23. The Hall–Kier alpha value is -3.09. The highest BCUT2D eigenvalue weighted by Crippen LogP contribution is 2.20. The van der Waals surface area contributed by atoms with Crippen molar-refractivity contribution in [1.82, 2.24) is 0 Å². The molecule has 1 saturated heterocycles. The van der Waals surface area contributed by atoms with Gasteiger partial charge in [0.25, 0.3) is 5.91 Å². The Bertz CT molecular complexity index is 810. The van der Waals surface area contributed by atoms with Crippen LogP contribution in [-0.2, 0) is 14.3 Å². The van der Waals surface area contributed by atoms with E-state index in [1.165, 1.54) is 0 Å². The Kier molecular flexibility index (Phi) is 5.36. The molecule has 2 amide bonds. The zero-order chi connectivity index (χ0) is 18.5. The molecule has 0 aliphatic carbocycles. The van der Waals surface area contributed by atoms with Crippen LogP contribution >= 0.6 is 0 Å². The van der Waals surface area contributed by atoms with Crippen molar-refractivity contribution in [2.24, 2.45) is 5.92 Å². The number of hydrogen-bond acceptors (Lipinski definition) is 5. The lowest BCUT2D eigenvalue weighted by Gasteiger charge is -2.08. The third-order valence-electron chi connectivity index (χ3n) is 4.15. The van der Waals surface area contributed by atoms with Gasteiger partial charge in [0.15, 0.2) is 5.76 Å². The molecule has 3 rings (SSSR count). The van der Waals surface area contributed by atoms with Crippen LogP contribution in [0.4, 0.5) is 11.4 Å². The molecule has 1 aliphatic rings. The van der Waals surface area contributed by atoms with Gasteiger partial charge in [-0.3, -0.25) is 14.4 Å². The van der Waals surface area contributed by atoms with E-state index >= 15 is 0 Å². The number of ether oxygens (including phenoxy) is 1. The SMILES string of the molecule is Cc1ccc(C(=O)Nc2ccc(NC(=O)CC[C@H]3CCOC3=O)cc2)o1. The molecule has 0 spiro atoms. The van der Waals surface area contributed by atoms with Gasteiger partial charge in [0.1, 0.15) is 5.76 Å². The molecule has 1 aromatic carbocycles. The van der Waals surface area contributed by atoms with Gasteiger partial charge in [0, 0.05) is 17.8 Å². The van der Waals surface area contributed by atoms with Crippen molar-refractivity contribution in [3.63, 3.8) is 0 Å². The molecule has 1 aromatic heterocycles. The van der Waals surface area contributed by atoms with Gasteiger partial charge in [-0.15, -0.1) is 0 Å². The number of rotatable bonds is 6. The number of cyclic esters (lactones) is 1. The number of amides is 2. The first kappa shape index (κ1) is 17.7. The van der Waals surface area contributed by atoms with Crippen LogP contribution in [0.2, 0.25) is 0 Å². The quantitative estimate of drug-likeness (QED) is 0.775. The first-order valence-electron chi connectivity index (χ1n) is 8.45. The molecule has 0 bridgehead atoms. The van der Waals surface area contributed by atoms with Gasteiger partial charge >= 0.3 is 5.97 Å². The number of furan rings is 1. The van der Waals surface area contributed by atoms with E-state index in [2.05, 4.69) is 10.6 Å². The predicted molar refractivity (Wildman–Crippen MR) is 94.8 cm³/mol. The lowest BCUT2D eigenvalue weighted by Crippen LogP contribution is -2.15. The van der Waals surface area contributed by atoms with Crippen molar-refractivity contribution in [1.29, 1.82) is 0 Å². The van der Waals surface area contributed by atoms with Crippen LogP contribution in [0.15, 0.2) is 40.8 Å². The molecule has 0 saturated carbocycles. The van der Waals surface area contributed by atoms with E-state index < -0.39 is 0 Å². The van der Waals surface area contributed by atoms with Gasteiger partial charge in [-0.25, -0.2) is 0 Å². The molecular formula is C19H20N2O5. The summed E-state index contributed by atoms with van der Waals surface area (Å²) in [6, 6.07) is 10.1. The van der Waals surface area contributed by atoms with Gasteiger partial charge in [-0.2, -0.15) is 0 Å². The maximum atomic E-state index is 12.0. The Labute approximate surface area is 150 Å². The number of carbonyl (C=O) groups is 3. The normalized spacial score (nSPS) is 16.2. The molecule has 0 unspecified atom stereocenters. The fourth-order valence-corrected chi connectivity index (χ4v) is 2.71. The molecule has 2 aromatic rings. The summed E-state index contributed by atoms with van der Waals surface area (Å²) in [6.07, 6.45) is 1.42. The Morgan fingerprint density at radius 2 is 1.77 bits per heavy atom. The first-order valence-corrected chi connectivity index (χ1v) is 8.45. The fourth-order valence-electron chi connectivity index (χ4n) is 2.71. The molecule has 26 heavy (non-hydrogen) atoms. The highest BCUT2D eigenvalue weighted by Gasteiger charge is 2.26. The zero-order valence-corrected chi connectivity index (χ0v) is 14.4. The van der Waals surface area contributed by atoms with Crippen molar-refractivity contribution in [2.45, 2.75) is 26.2 Å². The molecule has 7 heteroatoms. The summed E-state index contributed by atoms with van der Waals surface area (Å²) in [6.45, 7) is 2.21. The molecule has 2 heterocycles. The number of anilines is 2. The van der Waals surface area contributed by atoms with Crippen molar-refractivity contribution in [2.75, 3.05) is 17.2 Å². The van der Waals surface area contributed by atoms with E-state index in [4.69, 9.17) is 9.15 Å². The monoisotopic (exact) mass is 356 g/mol. The maximum Gasteiger partial charge on any atom is 0.309 e. The predicted octanol–water partition coefficient (Wildman–Crippen LogP) is 3.12. The summed E-state index contributed by atoms with van der Waals surface area (Å²) in [4.78, 5) is 35.4. The highest BCUT2D eigenvalue weighted by molar-refractivity contribution is 6.02. The molecular weight excluding hydrogens is 336 g/mol. The van der Waals surface area contributed by atoms with E-state index in [1.54, 1.807) is 43.3 Å². The number of benzene rings is 1. The van der Waals surface area contributed by atoms with Crippen molar-refractivity contribution < 1.29 is 23.5 Å². The van der Waals surface area contributed by atoms with Gasteiger partial charge < -0.3 is 19.8 Å². The topological polar surface area (TPSA) is 97.6 Å². The average molecular weight is 356 g/mol. The third kappa shape index (κ3) is 4.50. The van der Waals surface area contributed by atoms with Gasteiger partial charge in [0.05, 0.1) is 12.5 Å². The van der Waals surface area contributed by atoms with E-state index in [9.17, 15) is 14.4 Å². The molecule has 7 nitrogen and oxygen atoms in total. The number of aryl methyl sites for hydroxylation is 1. The second kappa shape index (κ2) is 7.86. The van der Waals surface area contributed by atoms with Crippen LogP contribution in [0, 0.1) is 12.8 Å². The maximum absolute atomic E-state index is 12.0. The molecule has 1 fully saturated rings. The van der Waals surface area contributed by atoms with Gasteiger partial charge in [-0.05, 0) is 56.2 Å². The van der Waals surface area contributed by atoms with Crippen LogP contribution < -0.4 is 10.6 Å². The van der Waals surface area contributed by atoms with Crippen LogP contribution in [0.3, 0.4) is 0 Å². The molecule has 1 atom stereocenters. The highest BCUT2D eigenvalue weighted by atomic mass is 16.5. The summed E-state index contributed by atoms with van der Waals surface area (Å²) < 4.78 is 10.2. The smallest absolute Gasteiger partial charge is 0.309 e. The molecule has 1 aliphatic heterocycles. The largest absolute Gasteiger partial charge is 0.465 e. The fraction of sp³-hybridized carbons (Fsp3) is 0.316. The Morgan fingerprint density at radius 1 is 1.08 bits per heavy atom. The third-order valence-corrected chi connectivity index (χ3v) is 4.15. The van der Waals surface area contributed by atoms with Gasteiger partial charge in [0.2, 0.25) is 5.91 Å². The molecule has 136 valence electrons. The van der Waals surface area contributed by atoms with Crippen LogP contribution in [0.5, 0.6) is 0 Å². The number of carbonyl (C=O) groups excluding carboxylic acids is 3. The summed E-state index contributed by atoms with van der Waals surface area (Å²) in [5.74, 6) is 0.0171. The van der Waals surface area contributed by atoms with E-state index in [0.717, 1.165) is 0 Å². The summed E-state index contributed by atoms with van der Waals surface area (Å²) >= 11 is 0. The molecule has 2 N–H and O–H groups in total. The minimum atomic E-state index is -0.335. The minimum Gasteiger partial charge on any atom is -0.465 e. The van der Waals surface area contributed by atoms with Crippen LogP contribution in [0.25, 0.3) is 0 Å². The second-order valence-corrected chi connectivity index (χ2v) is 6.18. The lowest BCUT2D eigenvalue weighted by molar-refractivity contribution is -0.141. The zero-order valence-electron chi connectivity index (χ0n) is 14.4. The minimum absolute atomic E-state index is 0.160. The summed E-state index contributed by atoms with van der Waals surface area (Å²) in [5.41, 5.74) is 1.21. The van der Waals surface area contributed by atoms with Crippen molar-refractivity contribution in [3.05, 3.63) is 47.9 Å². The van der Waals surface area contributed by atoms with E-state index in [0.29, 0.717) is 36.6 Å². The first-order chi connectivity index (χ1) is 12.5. The second-order valence-electron chi connectivity index (χ2n) is 6.18. The Morgan fingerprint density at radius 3 is 2.35 bits per heavy atom. The van der Waals surface area contributed by atoms with Crippen LogP contribution in [0.1, 0.15) is 35.6 Å². The van der Waals surface area contributed by atoms with Crippen molar-refractivity contribution >= 4 is 29.2 Å². The van der Waals surface area contributed by atoms with Crippen LogP contribution in [-0.4, -0.2) is 24.4 Å². The summed E-state index contributed by atoms with van der Waals surface area (Å²) in [5, 5.41) is 5.50. The number of esters is 1. The number of nitrogens with one attached hydrogen (secondary N) is 2. The number of hydrogen-bond donors (Lipinski definition) is 2. The van der Waals surface area contributed by atoms with E-state index in [-0.39, 0.29) is 35.9 Å². The molecule has 0 radical (unpaired) electrons. The summed E-state index contributed by atoms with van der Waals surface area (Å²) in [7, 11) is 0. The standard InChI is InChI=1S/C19H20N2O5/c1-12-2-8-16(26-12)18(23)21-15-6-4-14(5-7-15)20-17(22)9-3-13-10-11-25-19(13)24/h2,4-8,13H,3,9-11H2,1H3,(H,20,22)(H,21,23)/t13-/m0/s1. The van der Waals surface area contributed by atoms with Crippen molar-refractivity contribution in [3.8, 4) is 0 Å².